The number of para-hydroxylation sites is 1. The summed E-state index contributed by atoms with van der Waals surface area (Å²) >= 11 is 6.04. The molecule has 0 bridgehead atoms. The number of pyridine rings is 1. The van der Waals surface area contributed by atoms with Crippen LogP contribution in [0.15, 0.2) is 36.5 Å². The number of hydrogen-bond donors (Lipinski definition) is 2. The lowest BCUT2D eigenvalue weighted by atomic mass is 10.0. The molecule has 1 aromatic heterocycles. The minimum absolute atomic E-state index is 0.0690. The van der Waals surface area contributed by atoms with Crippen molar-refractivity contribution in [3.63, 3.8) is 0 Å². The highest BCUT2D eigenvalue weighted by Crippen LogP contribution is 2.32. The molecule has 1 aliphatic heterocycles. The van der Waals surface area contributed by atoms with Gasteiger partial charge in [-0.3, -0.25) is 4.79 Å². The number of rotatable bonds is 2. The van der Waals surface area contributed by atoms with E-state index in [0.717, 1.165) is 16.8 Å². The van der Waals surface area contributed by atoms with Gasteiger partial charge in [0.1, 0.15) is 0 Å². The number of aromatic nitrogens is 1. The smallest absolute Gasteiger partial charge is 0.233 e. The highest BCUT2D eigenvalue weighted by atomic mass is 35.5. The molecule has 2 N–H and O–H groups in total. The highest BCUT2D eigenvalue weighted by molar-refractivity contribution is 6.32. The number of anilines is 2. The van der Waals surface area contributed by atoms with Gasteiger partial charge in [0, 0.05) is 18.4 Å². The summed E-state index contributed by atoms with van der Waals surface area (Å²) in [5.41, 5.74) is 3.52. The second-order valence-electron chi connectivity index (χ2n) is 4.80. The van der Waals surface area contributed by atoms with E-state index in [2.05, 4.69) is 15.6 Å². The van der Waals surface area contributed by atoms with Crippen LogP contribution in [-0.4, -0.2) is 17.4 Å². The number of nitrogens with one attached hydrogen (secondary N) is 2. The minimum Gasteiger partial charge on any atom is -0.384 e. The summed E-state index contributed by atoms with van der Waals surface area (Å²) in [6.07, 6.45) is 1.62. The Bertz CT molecular complexity index is 652. The maximum atomic E-state index is 12.4. The third kappa shape index (κ3) is 2.23. The van der Waals surface area contributed by atoms with Crippen molar-refractivity contribution in [2.45, 2.75) is 12.8 Å². The number of aryl methyl sites for hydroxylation is 1. The van der Waals surface area contributed by atoms with E-state index in [0.29, 0.717) is 17.4 Å². The summed E-state index contributed by atoms with van der Waals surface area (Å²) in [7, 11) is 0. The number of fused-ring (bicyclic) bond motifs is 1. The molecule has 0 saturated carbocycles. The Labute approximate surface area is 122 Å². The molecule has 1 unspecified atom stereocenters. The zero-order chi connectivity index (χ0) is 14.1. The third-order valence-electron chi connectivity index (χ3n) is 3.51. The second-order valence-corrected chi connectivity index (χ2v) is 5.16. The largest absolute Gasteiger partial charge is 0.384 e. The van der Waals surface area contributed by atoms with Gasteiger partial charge >= 0.3 is 0 Å². The molecule has 102 valence electrons. The molecular formula is C15H14ClN3O. The lowest BCUT2D eigenvalue weighted by Gasteiger charge is -2.13. The first-order valence-electron chi connectivity index (χ1n) is 6.41. The van der Waals surface area contributed by atoms with E-state index in [1.54, 1.807) is 6.20 Å². The molecule has 0 saturated heterocycles. The van der Waals surface area contributed by atoms with Gasteiger partial charge in [0.2, 0.25) is 5.91 Å². The average Bonchev–Trinajstić information content (AvgIpc) is 2.87. The van der Waals surface area contributed by atoms with Crippen LogP contribution < -0.4 is 10.6 Å². The average molecular weight is 288 g/mol. The minimum atomic E-state index is -0.207. The summed E-state index contributed by atoms with van der Waals surface area (Å²) in [4.78, 5) is 16.4. The molecule has 1 aromatic carbocycles. The Hall–Kier alpha value is -2.07. The Morgan fingerprint density at radius 1 is 1.40 bits per heavy atom. The number of nitrogens with zero attached hydrogens (tertiary/aromatic N) is 1. The van der Waals surface area contributed by atoms with Gasteiger partial charge in [-0.1, -0.05) is 29.8 Å². The predicted molar refractivity (Wildman–Crippen MR) is 80.3 cm³/mol. The first kappa shape index (κ1) is 12.9. The molecule has 1 amide bonds. The Morgan fingerprint density at radius 2 is 2.20 bits per heavy atom. The maximum Gasteiger partial charge on any atom is 0.233 e. The molecule has 1 atom stereocenters. The van der Waals surface area contributed by atoms with Gasteiger partial charge in [0.05, 0.1) is 11.6 Å². The molecule has 2 heterocycles. The predicted octanol–water partition coefficient (Wildman–Crippen LogP) is 3.19. The van der Waals surface area contributed by atoms with Crippen molar-refractivity contribution < 1.29 is 4.79 Å². The molecule has 0 radical (unpaired) electrons. The second kappa shape index (κ2) is 5.13. The number of hydrogen-bond acceptors (Lipinski definition) is 3. The Balaban J connectivity index is 1.85. The zero-order valence-electron chi connectivity index (χ0n) is 11.0. The van der Waals surface area contributed by atoms with Gasteiger partial charge in [-0.05, 0) is 30.2 Å². The van der Waals surface area contributed by atoms with E-state index >= 15 is 0 Å². The van der Waals surface area contributed by atoms with Gasteiger partial charge in [0.15, 0.2) is 5.15 Å². The van der Waals surface area contributed by atoms with Crippen molar-refractivity contribution in [3.05, 3.63) is 52.8 Å². The summed E-state index contributed by atoms with van der Waals surface area (Å²) in [6.45, 7) is 2.49. The fourth-order valence-corrected chi connectivity index (χ4v) is 2.66. The molecule has 0 fully saturated rings. The highest BCUT2D eigenvalue weighted by Gasteiger charge is 2.28. The van der Waals surface area contributed by atoms with Crippen molar-refractivity contribution in [2.24, 2.45) is 0 Å². The topological polar surface area (TPSA) is 54.0 Å². The molecule has 0 spiro atoms. The molecule has 20 heavy (non-hydrogen) atoms. The van der Waals surface area contributed by atoms with Crippen LogP contribution in [0.2, 0.25) is 5.15 Å². The quantitative estimate of drug-likeness (QED) is 0.834. The first-order chi connectivity index (χ1) is 9.66. The molecule has 4 nitrogen and oxygen atoms in total. The summed E-state index contributed by atoms with van der Waals surface area (Å²) in [5.74, 6) is -0.276. The number of benzene rings is 1. The number of carbonyl (C=O) groups excluding carboxylic acids is 1. The normalized spacial score (nSPS) is 16.4. The molecule has 0 aliphatic carbocycles. The number of carbonyl (C=O) groups is 1. The van der Waals surface area contributed by atoms with Crippen LogP contribution in [0.3, 0.4) is 0 Å². The van der Waals surface area contributed by atoms with Crippen molar-refractivity contribution in [3.8, 4) is 0 Å². The van der Waals surface area contributed by atoms with Gasteiger partial charge in [-0.2, -0.15) is 0 Å². The van der Waals surface area contributed by atoms with E-state index < -0.39 is 0 Å². The lowest BCUT2D eigenvalue weighted by Crippen LogP contribution is -2.23. The summed E-state index contributed by atoms with van der Waals surface area (Å²) < 4.78 is 0. The maximum absolute atomic E-state index is 12.4. The van der Waals surface area contributed by atoms with E-state index in [1.807, 2.05) is 37.3 Å². The molecule has 1 aliphatic rings. The van der Waals surface area contributed by atoms with E-state index in [1.165, 1.54) is 0 Å². The van der Waals surface area contributed by atoms with Gasteiger partial charge < -0.3 is 10.6 Å². The summed E-state index contributed by atoms with van der Waals surface area (Å²) in [5, 5.41) is 6.44. The molecule has 3 rings (SSSR count). The van der Waals surface area contributed by atoms with Gasteiger partial charge in [-0.15, -0.1) is 0 Å². The van der Waals surface area contributed by atoms with Gasteiger partial charge in [0.25, 0.3) is 0 Å². The van der Waals surface area contributed by atoms with Crippen LogP contribution in [0.4, 0.5) is 11.4 Å². The fraction of sp³-hybridized carbons (Fsp3) is 0.200. The molecular weight excluding hydrogens is 274 g/mol. The third-order valence-corrected chi connectivity index (χ3v) is 3.80. The number of amides is 1. The van der Waals surface area contributed by atoms with E-state index in [-0.39, 0.29) is 11.8 Å². The van der Waals surface area contributed by atoms with Crippen molar-refractivity contribution in [1.82, 2.24) is 4.98 Å². The SMILES string of the molecule is Cc1ccnc(Cl)c1NC(=O)C1CNc2ccccc21. The lowest BCUT2D eigenvalue weighted by molar-refractivity contribution is -0.117. The van der Waals surface area contributed by atoms with E-state index in [4.69, 9.17) is 11.6 Å². The van der Waals surface area contributed by atoms with Crippen molar-refractivity contribution in [1.29, 1.82) is 0 Å². The van der Waals surface area contributed by atoms with Crippen LogP contribution in [-0.2, 0) is 4.79 Å². The van der Waals surface area contributed by atoms with Crippen LogP contribution >= 0.6 is 11.6 Å². The van der Waals surface area contributed by atoms with Crippen LogP contribution in [0, 0.1) is 6.92 Å². The standard InChI is InChI=1S/C15H14ClN3O/c1-9-6-7-17-14(16)13(9)19-15(20)11-8-18-12-5-3-2-4-10(11)12/h2-7,11,18H,8H2,1H3,(H,19,20). The van der Waals surface area contributed by atoms with Crippen molar-refractivity contribution in [2.75, 3.05) is 17.2 Å². The van der Waals surface area contributed by atoms with Gasteiger partial charge in [-0.25, -0.2) is 4.98 Å². The Kier molecular flexibility index (Phi) is 3.32. The fourth-order valence-electron chi connectivity index (χ4n) is 2.40. The van der Waals surface area contributed by atoms with Crippen LogP contribution in [0.25, 0.3) is 0 Å². The Morgan fingerprint density at radius 3 is 3.00 bits per heavy atom. The van der Waals surface area contributed by atoms with E-state index in [9.17, 15) is 4.79 Å². The van der Waals surface area contributed by atoms with Crippen LogP contribution in [0.5, 0.6) is 0 Å². The summed E-state index contributed by atoms with van der Waals surface area (Å²) in [6, 6.07) is 9.66. The zero-order valence-corrected chi connectivity index (χ0v) is 11.7. The van der Waals surface area contributed by atoms with Crippen LogP contribution in [0.1, 0.15) is 17.0 Å². The van der Waals surface area contributed by atoms with Crippen molar-refractivity contribution >= 4 is 28.9 Å². The molecule has 5 heteroatoms. The first-order valence-corrected chi connectivity index (χ1v) is 6.79. The number of halogens is 1. The molecule has 2 aromatic rings. The monoisotopic (exact) mass is 287 g/mol.